The van der Waals surface area contributed by atoms with E-state index in [2.05, 4.69) is 26.1 Å². The molecule has 2 rings (SSSR count). The molecule has 0 aliphatic heterocycles. The van der Waals surface area contributed by atoms with Gasteiger partial charge < -0.3 is 10.1 Å². The Bertz CT molecular complexity index is 231. The molecule has 0 aromatic rings. The van der Waals surface area contributed by atoms with Gasteiger partial charge in [-0.3, -0.25) is 0 Å². The maximum Gasteiger partial charge on any atom is 0.0655 e. The minimum absolute atomic E-state index is 0.322. The van der Waals surface area contributed by atoms with Gasteiger partial charge in [-0.25, -0.2) is 0 Å². The first-order valence-corrected chi connectivity index (χ1v) is 7.52. The molecule has 2 aliphatic rings. The zero-order valence-electron chi connectivity index (χ0n) is 11.8. The smallest absolute Gasteiger partial charge is 0.0655 e. The summed E-state index contributed by atoms with van der Waals surface area (Å²) in [4.78, 5) is 0. The standard InChI is InChI=1S/C15H29NO/c1-4-17-14-11-13(15(14,2)3)16-12-9-7-5-6-8-10-12/h12-14,16H,4-11H2,1-3H3. The van der Waals surface area contributed by atoms with E-state index in [9.17, 15) is 0 Å². The van der Waals surface area contributed by atoms with Crippen LogP contribution >= 0.6 is 0 Å². The van der Waals surface area contributed by atoms with Gasteiger partial charge in [-0.15, -0.1) is 0 Å². The Hall–Kier alpha value is -0.0800. The van der Waals surface area contributed by atoms with Gasteiger partial charge in [0.1, 0.15) is 0 Å². The molecule has 0 aromatic carbocycles. The lowest BCUT2D eigenvalue weighted by molar-refractivity contribution is -0.116. The molecule has 2 atom stereocenters. The summed E-state index contributed by atoms with van der Waals surface area (Å²) < 4.78 is 5.80. The molecule has 0 saturated heterocycles. The minimum atomic E-state index is 0.322. The summed E-state index contributed by atoms with van der Waals surface area (Å²) in [7, 11) is 0. The Morgan fingerprint density at radius 1 is 1.12 bits per heavy atom. The number of nitrogens with one attached hydrogen (secondary N) is 1. The van der Waals surface area contributed by atoms with Crippen LogP contribution in [0.15, 0.2) is 0 Å². The third-order valence-electron chi connectivity index (χ3n) is 4.84. The molecular weight excluding hydrogens is 210 g/mol. The van der Waals surface area contributed by atoms with Crippen LogP contribution in [0.1, 0.15) is 65.7 Å². The molecule has 0 bridgehead atoms. The molecular formula is C15H29NO. The lowest BCUT2D eigenvalue weighted by Gasteiger charge is -2.53. The topological polar surface area (TPSA) is 21.3 Å². The molecule has 2 saturated carbocycles. The van der Waals surface area contributed by atoms with Gasteiger partial charge in [0.15, 0.2) is 0 Å². The first-order valence-electron chi connectivity index (χ1n) is 7.52. The molecule has 100 valence electrons. The van der Waals surface area contributed by atoms with E-state index in [1.54, 1.807) is 0 Å². The van der Waals surface area contributed by atoms with Gasteiger partial charge in [-0.2, -0.15) is 0 Å². The monoisotopic (exact) mass is 239 g/mol. The predicted octanol–water partition coefficient (Wildman–Crippen LogP) is 3.50. The Morgan fingerprint density at radius 2 is 1.76 bits per heavy atom. The van der Waals surface area contributed by atoms with Crippen molar-refractivity contribution in [3.8, 4) is 0 Å². The highest BCUT2D eigenvalue weighted by Gasteiger charge is 2.49. The quantitative estimate of drug-likeness (QED) is 0.758. The Morgan fingerprint density at radius 3 is 2.29 bits per heavy atom. The van der Waals surface area contributed by atoms with Gasteiger partial charge in [0, 0.05) is 24.1 Å². The van der Waals surface area contributed by atoms with E-state index in [1.165, 1.54) is 44.9 Å². The van der Waals surface area contributed by atoms with Crippen LogP contribution in [0.25, 0.3) is 0 Å². The van der Waals surface area contributed by atoms with E-state index >= 15 is 0 Å². The highest BCUT2D eigenvalue weighted by atomic mass is 16.5. The van der Waals surface area contributed by atoms with Gasteiger partial charge in [-0.1, -0.05) is 39.5 Å². The van der Waals surface area contributed by atoms with Crippen molar-refractivity contribution in [3.63, 3.8) is 0 Å². The van der Waals surface area contributed by atoms with Crippen molar-refractivity contribution < 1.29 is 4.74 Å². The summed E-state index contributed by atoms with van der Waals surface area (Å²) in [6.45, 7) is 7.66. The number of rotatable bonds is 4. The van der Waals surface area contributed by atoms with Crippen molar-refractivity contribution in [1.29, 1.82) is 0 Å². The van der Waals surface area contributed by atoms with Crippen LogP contribution in [-0.4, -0.2) is 24.8 Å². The molecule has 2 nitrogen and oxygen atoms in total. The van der Waals surface area contributed by atoms with Gasteiger partial charge in [-0.05, 0) is 26.2 Å². The van der Waals surface area contributed by atoms with Crippen LogP contribution < -0.4 is 5.32 Å². The fourth-order valence-corrected chi connectivity index (χ4v) is 3.38. The molecule has 1 N–H and O–H groups in total. The molecule has 0 spiro atoms. The normalized spacial score (nSPS) is 34.1. The minimum Gasteiger partial charge on any atom is -0.378 e. The highest BCUT2D eigenvalue weighted by Crippen LogP contribution is 2.43. The Kier molecular flexibility index (Phi) is 4.48. The van der Waals surface area contributed by atoms with E-state index in [0.717, 1.165) is 12.6 Å². The second kappa shape index (κ2) is 5.71. The Labute approximate surface area is 107 Å². The third-order valence-corrected chi connectivity index (χ3v) is 4.84. The van der Waals surface area contributed by atoms with Crippen molar-refractivity contribution in [2.75, 3.05) is 6.61 Å². The predicted molar refractivity (Wildman–Crippen MR) is 72.2 cm³/mol. The lowest BCUT2D eigenvalue weighted by Crippen LogP contribution is -2.62. The highest BCUT2D eigenvalue weighted by molar-refractivity contribution is 5.03. The fourth-order valence-electron chi connectivity index (χ4n) is 3.38. The van der Waals surface area contributed by atoms with Crippen molar-refractivity contribution >= 4 is 0 Å². The number of ether oxygens (including phenoxy) is 1. The second-order valence-electron chi connectivity index (χ2n) is 6.41. The van der Waals surface area contributed by atoms with E-state index in [-0.39, 0.29) is 0 Å². The SMILES string of the molecule is CCOC1CC(NC2CCCCCC2)C1(C)C. The van der Waals surface area contributed by atoms with Crippen molar-refractivity contribution in [3.05, 3.63) is 0 Å². The average molecular weight is 239 g/mol. The molecule has 17 heavy (non-hydrogen) atoms. The maximum atomic E-state index is 5.80. The molecule has 0 amide bonds. The fraction of sp³-hybridized carbons (Fsp3) is 1.00. The summed E-state index contributed by atoms with van der Waals surface area (Å²) in [5.74, 6) is 0. The van der Waals surface area contributed by atoms with Crippen molar-refractivity contribution in [2.24, 2.45) is 5.41 Å². The van der Waals surface area contributed by atoms with Gasteiger partial charge >= 0.3 is 0 Å². The summed E-state index contributed by atoms with van der Waals surface area (Å²) in [6.07, 6.45) is 10.1. The zero-order valence-corrected chi connectivity index (χ0v) is 11.8. The van der Waals surface area contributed by atoms with Crippen molar-refractivity contribution in [2.45, 2.75) is 83.9 Å². The first-order chi connectivity index (χ1) is 8.14. The van der Waals surface area contributed by atoms with Gasteiger partial charge in [0.25, 0.3) is 0 Å². The summed E-state index contributed by atoms with van der Waals surface area (Å²) >= 11 is 0. The maximum absolute atomic E-state index is 5.80. The summed E-state index contributed by atoms with van der Waals surface area (Å²) in [6, 6.07) is 1.44. The molecule has 2 heteroatoms. The van der Waals surface area contributed by atoms with Crippen LogP contribution in [0.3, 0.4) is 0 Å². The third kappa shape index (κ3) is 3.03. The zero-order chi connectivity index (χ0) is 12.3. The van der Waals surface area contributed by atoms with Crippen LogP contribution in [0, 0.1) is 5.41 Å². The summed E-state index contributed by atoms with van der Waals surface area (Å²) in [5.41, 5.74) is 0.322. The van der Waals surface area contributed by atoms with Gasteiger partial charge in [0.05, 0.1) is 6.10 Å². The van der Waals surface area contributed by atoms with Crippen LogP contribution in [0.2, 0.25) is 0 Å². The second-order valence-corrected chi connectivity index (χ2v) is 6.41. The molecule has 2 fully saturated rings. The number of hydrogen-bond acceptors (Lipinski definition) is 2. The molecule has 0 heterocycles. The average Bonchev–Trinajstić information content (AvgIpc) is 2.56. The van der Waals surface area contributed by atoms with Crippen molar-refractivity contribution in [1.82, 2.24) is 5.32 Å². The van der Waals surface area contributed by atoms with E-state index in [1.807, 2.05) is 0 Å². The van der Waals surface area contributed by atoms with E-state index < -0.39 is 0 Å². The van der Waals surface area contributed by atoms with Crippen LogP contribution in [0.4, 0.5) is 0 Å². The Balaban J connectivity index is 1.80. The summed E-state index contributed by atoms with van der Waals surface area (Å²) in [5, 5.41) is 3.89. The van der Waals surface area contributed by atoms with E-state index in [4.69, 9.17) is 4.74 Å². The molecule has 2 unspecified atom stereocenters. The van der Waals surface area contributed by atoms with E-state index in [0.29, 0.717) is 17.6 Å². The molecule has 0 aromatic heterocycles. The molecule has 0 radical (unpaired) electrons. The van der Waals surface area contributed by atoms with Gasteiger partial charge in [0.2, 0.25) is 0 Å². The van der Waals surface area contributed by atoms with Crippen LogP contribution in [-0.2, 0) is 4.74 Å². The largest absolute Gasteiger partial charge is 0.378 e. The number of hydrogen-bond donors (Lipinski definition) is 1. The molecule has 2 aliphatic carbocycles. The van der Waals surface area contributed by atoms with Crippen LogP contribution in [0.5, 0.6) is 0 Å². The lowest BCUT2D eigenvalue weighted by atomic mass is 9.64. The first kappa shape index (κ1) is 13.4.